The Morgan fingerprint density at radius 2 is 2.07 bits per heavy atom. The normalized spacial score (nSPS) is 17.8. The lowest BCUT2D eigenvalue weighted by Crippen LogP contribution is -2.04. The van der Waals surface area contributed by atoms with Crippen molar-refractivity contribution in [3.8, 4) is 0 Å². The lowest BCUT2D eigenvalue weighted by molar-refractivity contribution is 0.574. The largest absolute Gasteiger partial charge is 0.207 e. The molecule has 0 bridgehead atoms. The second kappa shape index (κ2) is 4.48. The standard InChI is InChI=1S/C12H13ClF2/c13-11(8-1-2-8)5-3-9-7-10(14)4-6-12(9)15/h4,6-8,11H,1-3,5H2. The van der Waals surface area contributed by atoms with E-state index in [2.05, 4.69) is 0 Å². The Kier molecular flexibility index (Phi) is 3.25. The third kappa shape index (κ3) is 2.91. The summed E-state index contributed by atoms with van der Waals surface area (Å²) in [4.78, 5) is 0. The van der Waals surface area contributed by atoms with Crippen LogP contribution in [-0.2, 0) is 6.42 Å². The van der Waals surface area contributed by atoms with Gasteiger partial charge in [0.15, 0.2) is 0 Å². The molecular weight excluding hydrogens is 218 g/mol. The Hall–Kier alpha value is -0.630. The molecule has 2 rings (SSSR count). The highest BCUT2D eigenvalue weighted by atomic mass is 35.5. The number of rotatable bonds is 4. The molecule has 1 aromatic carbocycles. The minimum atomic E-state index is -0.385. The second-order valence-corrected chi connectivity index (χ2v) is 4.69. The fourth-order valence-electron chi connectivity index (χ4n) is 1.72. The topological polar surface area (TPSA) is 0 Å². The summed E-state index contributed by atoms with van der Waals surface area (Å²) in [5, 5.41) is 0.118. The molecule has 1 aliphatic rings. The molecule has 0 nitrogen and oxygen atoms in total. The summed E-state index contributed by atoms with van der Waals surface area (Å²) in [5.74, 6) is -0.122. The molecule has 82 valence electrons. The lowest BCUT2D eigenvalue weighted by atomic mass is 10.1. The van der Waals surface area contributed by atoms with Gasteiger partial charge in [0.25, 0.3) is 0 Å². The molecular formula is C12H13ClF2. The van der Waals surface area contributed by atoms with Crippen LogP contribution >= 0.6 is 11.6 Å². The fraction of sp³-hybridized carbons (Fsp3) is 0.500. The van der Waals surface area contributed by atoms with Crippen LogP contribution in [0.1, 0.15) is 24.8 Å². The van der Waals surface area contributed by atoms with Crippen molar-refractivity contribution in [3.05, 3.63) is 35.4 Å². The van der Waals surface area contributed by atoms with E-state index in [1.165, 1.54) is 25.0 Å². The predicted molar refractivity (Wildman–Crippen MR) is 57.0 cm³/mol. The van der Waals surface area contributed by atoms with E-state index in [9.17, 15) is 8.78 Å². The summed E-state index contributed by atoms with van der Waals surface area (Å²) in [5.41, 5.74) is 0.432. The Labute approximate surface area is 93.2 Å². The highest BCUT2D eigenvalue weighted by Crippen LogP contribution is 2.37. The molecule has 1 aromatic rings. The van der Waals surface area contributed by atoms with Crippen LogP contribution in [0.2, 0.25) is 0 Å². The van der Waals surface area contributed by atoms with Crippen molar-refractivity contribution in [2.24, 2.45) is 5.92 Å². The van der Waals surface area contributed by atoms with Gasteiger partial charge in [-0.25, -0.2) is 8.78 Å². The first-order valence-electron chi connectivity index (χ1n) is 5.25. The van der Waals surface area contributed by atoms with Gasteiger partial charge in [0, 0.05) is 5.38 Å². The van der Waals surface area contributed by atoms with E-state index in [0.717, 1.165) is 12.5 Å². The van der Waals surface area contributed by atoms with Crippen molar-refractivity contribution in [1.29, 1.82) is 0 Å². The molecule has 1 atom stereocenters. The molecule has 1 fully saturated rings. The summed E-state index contributed by atoms with van der Waals surface area (Å²) >= 11 is 6.10. The van der Waals surface area contributed by atoms with E-state index in [4.69, 9.17) is 11.6 Å². The number of hydrogen-bond donors (Lipinski definition) is 0. The first kappa shape index (κ1) is 10.9. The average Bonchev–Trinajstić information content (AvgIpc) is 3.02. The second-order valence-electron chi connectivity index (χ2n) is 4.13. The lowest BCUT2D eigenvalue weighted by Gasteiger charge is -2.08. The van der Waals surface area contributed by atoms with Crippen LogP contribution in [0.25, 0.3) is 0 Å². The zero-order valence-corrected chi connectivity index (χ0v) is 9.11. The van der Waals surface area contributed by atoms with Gasteiger partial charge in [-0.1, -0.05) is 0 Å². The van der Waals surface area contributed by atoms with E-state index >= 15 is 0 Å². The Balaban J connectivity index is 1.94. The van der Waals surface area contributed by atoms with E-state index in [-0.39, 0.29) is 17.0 Å². The van der Waals surface area contributed by atoms with Crippen molar-refractivity contribution in [1.82, 2.24) is 0 Å². The van der Waals surface area contributed by atoms with Crippen LogP contribution in [0, 0.1) is 17.6 Å². The van der Waals surface area contributed by atoms with Crippen molar-refractivity contribution in [2.45, 2.75) is 31.1 Å². The third-order valence-electron chi connectivity index (χ3n) is 2.83. The van der Waals surface area contributed by atoms with E-state index < -0.39 is 0 Å². The summed E-state index contributed by atoms with van der Waals surface area (Å²) in [6.07, 6.45) is 3.61. The van der Waals surface area contributed by atoms with Gasteiger partial charge in [-0.3, -0.25) is 0 Å². The molecule has 0 heterocycles. The molecule has 0 amide bonds. The number of hydrogen-bond acceptors (Lipinski definition) is 0. The smallest absolute Gasteiger partial charge is 0.126 e. The van der Waals surface area contributed by atoms with Gasteiger partial charge >= 0.3 is 0 Å². The Bertz CT molecular complexity index is 347. The Morgan fingerprint density at radius 3 is 2.73 bits per heavy atom. The van der Waals surface area contributed by atoms with Crippen LogP contribution < -0.4 is 0 Å². The minimum absolute atomic E-state index is 0.118. The molecule has 0 spiro atoms. The predicted octanol–water partition coefficient (Wildman–Crippen LogP) is 3.91. The van der Waals surface area contributed by atoms with Gasteiger partial charge in [0.1, 0.15) is 11.6 Å². The zero-order valence-electron chi connectivity index (χ0n) is 8.35. The zero-order chi connectivity index (χ0) is 10.8. The van der Waals surface area contributed by atoms with Gasteiger partial charge in [0.05, 0.1) is 0 Å². The number of aryl methyl sites for hydroxylation is 1. The third-order valence-corrected chi connectivity index (χ3v) is 3.41. The molecule has 0 radical (unpaired) electrons. The summed E-state index contributed by atoms with van der Waals surface area (Å²) in [7, 11) is 0. The summed E-state index contributed by atoms with van der Waals surface area (Å²) in [6.45, 7) is 0. The van der Waals surface area contributed by atoms with Gasteiger partial charge < -0.3 is 0 Å². The molecule has 1 aliphatic carbocycles. The molecule has 0 saturated heterocycles. The van der Waals surface area contributed by atoms with Crippen molar-refractivity contribution in [2.75, 3.05) is 0 Å². The van der Waals surface area contributed by atoms with E-state index in [1.54, 1.807) is 0 Å². The maximum absolute atomic E-state index is 13.2. The number of benzene rings is 1. The molecule has 1 saturated carbocycles. The van der Waals surface area contributed by atoms with Crippen LogP contribution in [0.5, 0.6) is 0 Å². The summed E-state index contributed by atoms with van der Waals surface area (Å²) in [6, 6.07) is 3.56. The monoisotopic (exact) mass is 230 g/mol. The fourth-order valence-corrected chi connectivity index (χ4v) is 2.08. The highest BCUT2D eigenvalue weighted by Gasteiger charge is 2.29. The highest BCUT2D eigenvalue weighted by molar-refractivity contribution is 6.20. The van der Waals surface area contributed by atoms with Gasteiger partial charge in [-0.2, -0.15) is 0 Å². The van der Waals surface area contributed by atoms with Crippen molar-refractivity contribution in [3.63, 3.8) is 0 Å². The molecule has 3 heteroatoms. The quantitative estimate of drug-likeness (QED) is 0.688. The molecule has 15 heavy (non-hydrogen) atoms. The van der Waals surface area contributed by atoms with E-state index in [0.29, 0.717) is 17.9 Å². The maximum atomic E-state index is 13.2. The van der Waals surface area contributed by atoms with Crippen LogP contribution in [-0.4, -0.2) is 5.38 Å². The van der Waals surface area contributed by atoms with E-state index in [1.807, 2.05) is 0 Å². The van der Waals surface area contributed by atoms with Crippen molar-refractivity contribution < 1.29 is 8.78 Å². The first-order valence-corrected chi connectivity index (χ1v) is 5.68. The molecule has 0 aromatic heterocycles. The van der Waals surface area contributed by atoms with Gasteiger partial charge in [-0.15, -0.1) is 11.6 Å². The first-order chi connectivity index (χ1) is 7.16. The van der Waals surface area contributed by atoms with Crippen molar-refractivity contribution >= 4 is 11.6 Å². The van der Waals surface area contributed by atoms with Crippen LogP contribution in [0.4, 0.5) is 8.78 Å². The number of halogens is 3. The Morgan fingerprint density at radius 1 is 1.33 bits per heavy atom. The van der Waals surface area contributed by atoms with Gasteiger partial charge in [-0.05, 0) is 55.4 Å². The minimum Gasteiger partial charge on any atom is -0.207 e. The van der Waals surface area contributed by atoms with Crippen LogP contribution in [0.3, 0.4) is 0 Å². The SMILES string of the molecule is Fc1ccc(F)c(CCC(Cl)C2CC2)c1. The number of alkyl halides is 1. The van der Waals surface area contributed by atoms with Crippen LogP contribution in [0.15, 0.2) is 18.2 Å². The van der Waals surface area contributed by atoms with Gasteiger partial charge in [0.2, 0.25) is 0 Å². The summed E-state index contributed by atoms with van der Waals surface area (Å²) < 4.78 is 26.1. The molecule has 0 N–H and O–H groups in total. The molecule has 0 aliphatic heterocycles. The average molecular weight is 231 g/mol. The molecule has 1 unspecified atom stereocenters. The maximum Gasteiger partial charge on any atom is 0.126 e.